The summed E-state index contributed by atoms with van der Waals surface area (Å²) >= 11 is 0. The normalized spacial score (nSPS) is 18.0. The Kier molecular flexibility index (Phi) is 14.5. The molecule has 0 bridgehead atoms. The van der Waals surface area contributed by atoms with Gasteiger partial charge in [-0.3, -0.25) is 5.32 Å². The van der Waals surface area contributed by atoms with Gasteiger partial charge in [-0.05, 0) is 125 Å². The molecule has 0 radical (unpaired) electrons. The molecule has 15 nitrogen and oxygen atoms in total. The van der Waals surface area contributed by atoms with E-state index >= 15 is 0 Å². The molecule has 17 heteroatoms. The van der Waals surface area contributed by atoms with Crippen LogP contribution in [0.25, 0.3) is 66.6 Å². The summed E-state index contributed by atoms with van der Waals surface area (Å²) in [5.74, 6) is -0.300. The minimum absolute atomic E-state index is 0.0529. The number of morpholine rings is 2. The van der Waals surface area contributed by atoms with Crippen LogP contribution in [0.3, 0.4) is 0 Å². The lowest BCUT2D eigenvalue weighted by atomic mass is 9.99. The average Bonchev–Trinajstić information content (AvgIpc) is 3.32. The number of carbonyl (C=O) groups is 1. The van der Waals surface area contributed by atoms with Gasteiger partial charge in [0.1, 0.15) is 24.3 Å². The van der Waals surface area contributed by atoms with Crippen LogP contribution in [-0.4, -0.2) is 101 Å². The van der Waals surface area contributed by atoms with E-state index in [9.17, 15) is 13.6 Å². The highest BCUT2D eigenvalue weighted by atomic mass is 19.1. The second kappa shape index (κ2) is 21.0. The number of urea groups is 1. The first-order chi connectivity index (χ1) is 32.8. The number of rotatable bonds is 5. The van der Waals surface area contributed by atoms with E-state index in [1.54, 1.807) is 47.9 Å². The fourth-order valence-electron chi connectivity index (χ4n) is 8.12. The number of aryl methyl sites for hydroxylation is 2. The van der Waals surface area contributed by atoms with Crippen molar-refractivity contribution < 1.29 is 23.0 Å². The molecule has 2 saturated heterocycles. The van der Waals surface area contributed by atoms with Crippen LogP contribution in [0.5, 0.6) is 0 Å². The number of hydrogen-bond donors (Lipinski definition) is 3. The van der Waals surface area contributed by atoms with Crippen LogP contribution in [0.15, 0.2) is 110 Å². The van der Waals surface area contributed by atoms with Crippen LogP contribution in [-0.2, 0) is 9.47 Å². The number of fused-ring (bicyclic) bond motifs is 2. The minimum atomic E-state index is -0.341. The van der Waals surface area contributed by atoms with Crippen molar-refractivity contribution >= 4 is 39.7 Å². The molecule has 0 spiro atoms. The molecule has 8 aromatic rings. The van der Waals surface area contributed by atoms with E-state index in [1.165, 1.54) is 30.6 Å². The Labute approximate surface area is 392 Å². The number of ether oxygens (including phenoxy) is 2. The molecular formula is C51H52F2N12O3. The van der Waals surface area contributed by atoms with Crippen molar-refractivity contribution in [1.82, 2.24) is 50.1 Å². The van der Waals surface area contributed by atoms with E-state index in [2.05, 4.69) is 64.4 Å². The molecule has 0 saturated carbocycles. The summed E-state index contributed by atoms with van der Waals surface area (Å²) in [7, 11) is 0. The zero-order valence-corrected chi connectivity index (χ0v) is 38.6. The largest absolute Gasteiger partial charge is 0.373 e. The van der Waals surface area contributed by atoms with E-state index in [1.807, 2.05) is 64.1 Å². The third kappa shape index (κ3) is 11.4. The van der Waals surface area contributed by atoms with Crippen LogP contribution in [0.1, 0.15) is 39.1 Å². The first-order valence-electron chi connectivity index (χ1n) is 22.3. The number of aromatic nitrogens is 8. The molecule has 2 aliphatic rings. The second-order valence-corrected chi connectivity index (χ2v) is 16.9. The Morgan fingerprint density at radius 2 is 1.07 bits per heavy atom. The van der Waals surface area contributed by atoms with Gasteiger partial charge in [-0.15, -0.1) is 0 Å². The minimum Gasteiger partial charge on any atom is -0.373 e. The van der Waals surface area contributed by atoms with Gasteiger partial charge >= 0.3 is 6.03 Å². The van der Waals surface area contributed by atoms with Crippen molar-refractivity contribution in [3.8, 4) is 44.8 Å². The summed E-state index contributed by atoms with van der Waals surface area (Å²) in [5.41, 5.74) is 15.3. The highest BCUT2D eigenvalue weighted by molar-refractivity contribution is 5.92. The van der Waals surface area contributed by atoms with E-state index in [0.29, 0.717) is 42.2 Å². The van der Waals surface area contributed by atoms with Gasteiger partial charge in [0.25, 0.3) is 0 Å². The molecule has 4 N–H and O–H groups in total. The zero-order chi connectivity index (χ0) is 47.9. The summed E-state index contributed by atoms with van der Waals surface area (Å²) in [6.07, 6.45) is 7.14. The number of anilines is 2. The zero-order valence-electron chi connectivity index (χ0n) is 38.6. The van der Waals surface area contributed by atoms with Gasteiger partial charge in [0.05, 0.1) is 46.8 Å². The maximum atomic E-state index is 13.6. The van der Waals surface area contributed by atoms with E-state index < -0.39 is 0 Å². The molecule has 2 amide bonds. The number of nitrogens with zero attached hydrogens (tertiary/aromatic N) is 9. The van der Waals surface area contributed by atoms with Gasteiger partial charge in [0.15, 0.2) is 0 Å². The molecule has 2 aliphatic heterocycles. The summed E-state index contributed by atoms with van der Waals surface area (Å²) in [4.78, 5) is 49.3. The molecule has 2 fully saturated rings. The molecule has 0 aliphatic carbocycles. The quantitative estimate of drug-likeness (QED) is 0.148. The molecule has 68 heavy (non-hydrogen) atoms. The molecule has 4 aromatic carbocycles. The van der Waals surface area contributed by atoms with Crippen molar-refractivity contribution in [3.05, 3.63) is 133 Å². The van der Waals surface area contributed by atoms with Crippen molar-refractivity contribution in [2.24, 2.45) is 0 Å². The Bertz CT molecular complexity index is 3030. The van der Waals surface area contributed by atoms with Gasteiger partial charge < -0.3 is 25.4 Å². The number of nitrogens with one attached hydrogen (secondary N) is 2. The SMILES string of the molecule is C[C@@H]1CNC[C@H](C)O1.Cc1ncnc2ccc(-c3cnc(N)nc3-c3ccc(F)cc3)cc12.Cc1ncnc2ccc(-c3cnc(NC(=O)N4C[C@@H](C)O[C@@H](C)C4)nc3-c3ccc(F)cc3)cc12. The topological polar surface area (TPSA) is 192 Å². The molecule has 10 rings (SSSR count). The Morgan fingerprint density at radius 1 is 0.618 bits per heavy atom. The third-order valence-corrected chi connectivity index (χ3v) is 11.4. The predicted octanol–water partition coefficient (Wildman–Crippen LogP) is 9.01. The smallest absolute Gasteiger partial charge is 0.324 e. The van der Waals surface area contributed by atoms with Crippen molar-refractivity contribution in [2.75, 3.05) is 37.2 Å². The lowest BCUT2D eigenvalue weighted by Gasteiger charge is -2.35. The summed E-state index contributed by atoms with van der Waals surface area (Å²) in [6.45, 7) is 14.9. The Balaban J connectivity index is 0.000000164. The lowest BCUT2D eigenvalue weighted by Crippen LogP contribution is -2.49. The van der Waals surface area contributed by atoms with E-state index in [-0.39, 0.29) is 41.8 Å². The van der Waals surface area contributed by atoms with Gasteiger partial charge in [-0.1, -0.05) is 12.1 Å². The first kappa shape index (κ1) is 47.0. The maximum absolute atomic E-state index is 13.6. The van der Waals surface area contributed by atoms with Gasteiger partial charge in [0.2, 0.25) is 11.9 Å². The standard InChI is InChI=1S/C26H25FN6O2.C19H14FN5.C6H13NO/c1-15-12-33(13-16(2)35-15)26(34)32-25-28-11-22(24(31-25)18-4-7-20(27)8-5-18)19-6-9-23-21(10-19)17(3)29-14-30-23;1-11-15-8-13(4-7-17(15)24-10-23-11)16-9-22-19(21)25-18(16)12-2-5-14(20)6-3-12;1-5-3-7-4-6(2)8-5/h4-11,14-16H,12-13H2,1-3H3,(H,28,31,32,34);2-10H,1H3,(H2,21,22,25);5-7H,3-4H2,1-2H3/t15-,16+;;5-,6+. The summed E-state index contributed by atoms with van der Waals surface area (Å²) in [5, 5.41) is 7.95. The van der Waals surface area contributed by atoms with Crippen LogP contribution in [0.4, 0.5) is 25.5 Å². The monoisotopic (exact) mass is 918 g/mol. The number of hydrogen-bond acceptors (Lipinski definition) is 13. The number of nitrogen functional groups attached to an aromatic ring is 1. The highest BCUT2D eigenvalue weighted by Crippen LogP contribution is 2.34. The molecule has 4 aromatic heterocycles. The third-order valence-electron chi connectivity index (χ3n) is 11.4. The maximum Gasteiger partial charge on any atom is 0.324 e. The van der Waals surface area contributed by atoms with Crippen molar-refractivity contribution in [1.29, 1.82) is 0 Å². The van der Waals surface area contributed by atoms with Crippen LogP contribution in [0, 0.1) is 25.5 Å². The molecule has 0 unspecified atom stereocenters. The van der Waals surface area contributed by atoms with Crippen molar-refractivity contribution in [2.45, 2.75) is 66.0 Å². The van der Waals surface area contributed by atoms with E-state index in [0.717, 1.165) is 74.1 Å². The van der Waals surface area contributed by atoms with E-state index in [4.69, 9.17) is 15.2 Å². The molecular weight excluding hydrogens is 867 g/mol. The number of carbonyl (C=O) groups excluding carboxylic acids is 1. The lowest BCUT2D eigenvalue weighted by molar-refractivity contribution is -0.0530. The Hall–Kier alpha value is -7.47. The number of amides is 2. The summed E-state index contributed by atoms with van der Waals surface area (Å²) < 4.78 is 38.0. The fraction of sp³-hybridized carbons (Fsp3) is 0.275. The van der Waals surface area contributed by atoms with Gasteiger partial charge in [-0.2, -0.15) is 0 Å². The number of halogens is 2. The van der Waals surface area contributed by atoms with Gasteiger partial charge in [0, 0.05) is 83.0 Å². The van der Waals surface area contributed by atoms with Gasteiger partial charge in [-0.25, -0.2) is 53.4 Å². The molecule has 4 atom stereocenters. The van der Waals surface area contributed by atoms with Crippen molar-refractivity contribution in [3.63, 3.8) is 0 Å². The summed E-state index contributed by atoms with van der Waals surface area (Å²) in [6, 6.07) is 23.7. The number of nitrogens with two attached hydrogens (primary N) is 1. The number of benzene rings is 4. The average molecular weight is 919 g/mol. The fourth-order valence-corrected chi connectivity index (χ4v) is 8.12. The molecule has 6 heterocycles. The van der Waals surface area contributed by atoms with Crippen LogP contribution in [0.2, 0.25) is 0 Å². The Morgan fingerprint density at radius 3 is 1.56 bits per heavy atom. The first-order valence-corrected chi connectivity index (χ1v) is 22.3. The second-order valence-electron chi connectivity index (χ2n) is 16.9. The van der Waals surface area contributed by atoms with Crippen LogP contribution < -0.4 is 16.4 Å². The molecule has 348 valence electrons. The van der Waals surface area contributed by atoms with Crippen LogP contribution >= 0.6 is 0 Å². The highest BCUT2D eigenvalue weighted by Gasteiger charge is 2.27. The predicted molar refractivity (Wildman–Crippen MR) is 259 cm³/mol.